The highest BCUT2D eigenvalue weighted by Gasteiger charge is 2.54. The maximum Gasteiger partial charge on any atom is 0.407 e. The number of aliphatic hydroxyl groups excluding tert-OH is 1. The van der Waals surface area contributed by atoms with Crippen LogP contribution in [0.3, 0.4) is 0 Å². The molecule has 2 fully saturated rings. The van der Waals surface area contributed by atoms with Crippen LogP contribution in [0.25, 0.3) is 0 Å². The molecule has 0 bridgehead atoms. The lowest BCUT2D eigenvalue weighted by molar-refractivity contribution is -0.0448. The highest BCUT2D eigenvalue weighted by atomic mass is 16.5. The summed E-state index contributed by atoms with van der Waals surface area (Å²) in [5.74, 6) is 0. The van der Waals surface area contributed by atoms with E-state index in [4.69, 9.17) is 9.84 Å². The Balaban J connectivity index is 2.06. The van der Waals surface area contributed by atoms with E-state index in [9.17, 15) is 9.90 Å². The molecular weight excluding hydrogens is 210 g/mol. The van der Waals surface area contributed by atoms with Crippen molar-refractivity contribution < 1.29 is 19.7 Å². The zero-order valence-electron chi connectivity index (χ0n) is 9.77. The second kappa shape index (κ2) is 3.60. The van der Waals surface area contributed by atoms with E-state index >= 15 is 0 Å². The van der Waals surface area contributed by atoms with Crippen LogP contribution in [0.4, 0.5) is 4.79 Å². The van der Waals surface area contributed by atoms with Crippen LogP contribution in [-0.2, 0) is 4.74 Å². The Morgan fingerprint density at radius 1 is 1.38 bits per heavy atom. The second-order valence-corrected chi connectivity index (χ2v) is 5.43. The van der Waals surface area contributed by atoms with Crippen molar-refractivity contribution in [1.82, 2.24) is 4.90 Å². The third kappa shape index (κ3) is 1.68. The first-order valence-corrected chi connectivity index (χ1v) is 5.67. The zero-order chi connectivity index (χ0) is 12.0. The third-order valence-corrected chi connectivity index (χ3v) is 4.00. The fraction of sp³-hybridized carbons (Fsp3) is 0.909. The van der Waals surface area contributed by atoms with Crippen molar-refractivity contribution in [2.75, 3.05) is 19.7 Å². The Morgan fingerprint density at radius 2 is 1.94 bits per heavy atom. The molecule has 1 atom stereocenters. The standard InChI is InChI=1S/C11H19NO4/c1-10(2)8(13)11(7-16-10)3-5-12(6-4-11)9(14)15/h8,13H,3-7H2,1-2H3,(H,14,15). The molecule has 1 spiro atoms. The van der Waals surface area contributed by atoms with E-state index in [2.05, 4.69) is 0 Å². The van der Waals surface area contributed by atoms with E-state index in [0.29, 0.717) is 32.5 Å². The number of aliphatic hydroxyl groups is 1. The van der Waals surface area contributed by atoms with Gasteiger partial charge < -0.3 is 19.8 Å². The van der Waals surface area contributed by atoms with Crippen molar-refractivity contribution in [3.8, 4) is 0 Å². The lowest BCUT2D eigenvalue weighted by Gasteiger charge is -2.40. The average Bonchev–Trinajstić information content (AvgIpc) is 2.45. The Kier molecular flexibility index (Phi) is 2.62. The summed E-state index contributed by atoms with van der Waals surface area (Å²) in [5.41, 5.74) is -0.749. The molecule has 1 unspecified atom stereocenters. The number of piperidine rings is 1. The molecule has 92 valence electrons. The van der Waals surface area contributed by atoms with Gasteiger partial charge in [-0.2, -0.15) is 0 Å². The van der Waals surface area contributed by atoms with E-state index in [1.165, 1.54) is 4.90 Å². The van der Waals surface area contributed by atoms with Crippen LogP contribution >= 0.6 is 0 Å². The maximum atomic E-state index is 10.8. The number of ether oxygens (including phenoxy) is 1. The van der Waals surface area contributed by atoms with Crippen LogP contribution in [0.15, 0.2) is 0 Å². The summed E-state index contributed by atoms with van der Waals surface area (Å²) < 4.78 is 5.63. The van der Waals surface area contributed by atoms with Gasteiger partial charge in [0.1, 0.15) is 0 Å². The quantitative estimate of drug-likeness (QED) is 0.648. The lowest BCUT2D eigenvalue weighted by atomic mass is 9.72. The molecular formula is C11H19NO4. The van der Waals surface area contributed by atoms with Gasteiger partial charge in [-0.05, 0) is 26.7 Å². The van der Waals surface area contributed by atoms with Gasteiger partial charge in [-0.15, -0.1) is 0 Å². The SMILES string of the molecule is CC1(C)OCC2(CCN(C(=O)O)CC2)C1O. The van der Waals surface area contributed by atoms with Crippen molar-refractivity contribution in [3.63, 3.8) is 0 Å². The first-order chi connectivity index (χ1) is 7.37. The van der Waals surface area contributed by atoms with E-state index in [0.717, 1.165) is 0 Å². The van der Waals surface area contributed by atoms with Crippen LogP contribution in [0.1, 0.15) is 26.7 Å². The first-order valence-electron chi connectivity index (χ1n) is 5.67. The summed E-state index contributed by atoms with van der Waals surface area (Å²) in [6.45, 7) is 5.29. The number of amides is 1. The number of hydrogen-bond acceptors (Lipinski definition) is 3. The van der Waals surface area contributed by atoms with Crippen molar-refractivity contribution in [2.24, 2.45) is 5.41 Å². The van der Waals surface area contributed by atoms with E-state index in [1.807, 2.05) is 13.8 Å². The lowest BCUT2D eigenvalue weighted by Crippen LogP contribution is -2.50. The van der Waals surface area contributed by atoms with Gasteiger partial charge in [0, 0.05) is 18.5 Å². The summed E-state index contributed by atoms with van der Waals surface area (Å²) in [7, 11) is 0. The van der Waals surface area contributed by atoms with Crippen molar-refractivity contribution >= 4 is 6.09 Å². The molecule has 0 saturated carbocycles. The molecule has 5 heteroatoms. The number of rotatable bonds is 0. The van der Waals surface area contributed by atoms with Crippen LogP contribution in [0.5, 0.6) is 0 Å². The van der Waals surface area contributed by atoms with E-state index in [1.54, 1.807) is 0 Å². The molecule has 2 heterocycles. The van der Waals surface area contributed by atoms with Crippen LogP contribution < -0.4 is 0 Å². The molecule has 2 rings (SSSR count). The predicted octanol–water partition coefficient (Wildman–Crippen LogP) is 0.916. The van der Waals surface area contributed by atoms with Crippen molar-refractivity contribution in [2.45, 2.75) is 38.4 Å². The van der Waals surface area contributed by atoms with Crippen LogP contribution in [0.2, 0.25) is 0 Å². The van der Waals surface area contributed by atoms with E-state index in [-0.39, 0.29) is 5.41 Å². The number of likely N-dealkylation sites (tertiary alicyclic amines) is 1. The first kappa shape index (κ1) is 11.7. The summed E-state index contributed by atoms with van der Waals surface area (Å²) in [6, 6.07) is 0. The highest BCUT2D eigenvalue weighted by Crippen LogP contribution is 2.46. The fourth-order valence-corrected chi connectivity index (χ4v) is 2.79. The number of hydrogen-bond donors (Lipinski definition) is 2. The number of carbonyl (C=O) groups is 1. The molecule has 2 aliphatic heterocycles. The molecule has 5 nitrogen and oxygen atoms in total. The van der Waals surface area contributed by atoms with Gasteiger partial charge in [-0.1, -0.05) is 0 Å². The Labute approximate surface area is 95.0 Å². The summed E-state index contributed by atoms with van der Waals surface area (Å²) in [6.07, 6.45) is -0.00758. The molecule has 2 aliphatic rings. The molecule has 16 heavy (non-hydrogen) atoms. The summed E-state index contributed by atoms with van der Waals surface area (Å²) in [5, 5.41) is 19.1. The Hall–Kier alpha value is -0.810. The summed E-state index contributed by atoms with van der Waals surface area (Å²) in [4.78, 5) is 12.2. The monoisotopic (exact) mass is 229 g/mol. The van der Waals surface area contributed by atoms with E-state index < -0.39 is 17.8 Å². The van der Waals surface area contributed by atoms with Crippen LogP contribution in [-0.4, -0.2) is 52.6 Å². The minimum atomic E-state index is -0.873. The highest BCUT2D eigenvalue weighted by molar-refractivity contribution is 5.65. The zero-order valence-corrected chi connectivity index (χ0v) is 9.77. The van der Waals surface area contributed by atoms with Crippen molar-refractivity contribution in [1.29, 1.82) is 0 Å². The second-order valence-electron chi connectivity index (χ2n) is 5.43. The molecule has 0 aromatic heterocycles. The molecule has 0 aliphatic carbocycles. The van der Waals surface area contributed by atoms with Crippen molar-refractivity contribution in [3.05, 3.63) is 0 Å². The smallest absolute Gasteiger partial charge is 0.407 e. The largest absolute Gasteiger partial charge is 0.465 e. The molecule has 0 aromatic carbocycles. The van der Waals surface area contributed by atoms with Gasteiger partial charge >= 0.3 is 6.09 Å². The fourth-order valence-electron chi connectivity index (χ4n) is 2.79. The van der Waals surface area contributed by atoms with Gasteiger partial charge in [0.25, 0.3) is 0 Å². The minimum Gasteiger partial charge on any atom is -0.465 e. The number of nitrogens with zero attached hydrogens (tertiary/aromatic N) is 1. The average molecular weight is 229 g/mol. The van der Waals surface area contributed by atoms with Gasteiger partial charge in [0.2, 0.25) is 0 Å². The molecule has 1 amide bonds. The number of carboxylic acid groups (broad SMARTS) is 1. The van der Waals surface area contributed by atoms with Gasteiger partial charge in [-0.3, -0.25) is 0 Å². The maximum absolute atomic E-state index is 10.8. The van der Waals surface area contributed by atoms with Crippen LogP contribution in [0, 0.1) is 5.41 Å². The van der Waals surface area contributed by atoms with Gasteiger partial charge in [0.15, 0.2) is 0 Å². The Bertz CT molecular complexity index is 294. The molecule has 0 aromatic rings. The molecule has 2 saturated heterocycles. The van der Waals surface area contributed by atoms with Gasteiger partial charge in [0.05, 0.1) is 18.3 Å². The molecule has 0 radical (unpaired) electrons. The predicted molar refractivity (Wildman–Crippen MR) is 57.3 cm³/mol. The summed E-state index contributed by atoms with van der Waals surface area (Å²) >= 11 is 0. The minimum absolute atomic E-state index is 0.241. The topological polar surface area (TPSA) is 70.0 Å². The van der Waals surface area contributed by atoms with Gasteiger partial charge in [-0.25, -0.2) is 4.79 Å². The third-order valence-electron chi connectivity index (χ3n) is 4.00. The Morgan fingerprint density at radius 3 is 2.31 bits per heavy atom. The normalized spacial score (nSPS) is 31.9. The molecule has 2 N–H and O–H groups in total.